The van der Waals surface area contributed by atoms with Crippen molar-refractivity contribution in [2.24, 2.45) is 5.73 Å². The Balaban J connectivity index is 2.16. The van der Waals surface area contributed by atoms with Crippen LogP contribution >= 0.6 is 0 Å². The van der Waals surface area contributed by atoms with Crippen LogP contribution in [0.15, 0.2) is 18.2 Å². The molecule has 1 aromatic heterocycles. The van der Waals surface area contributed by atoms with E-state index in [0.717, 1.165) is 11.4 Å². The largest absolute Gasteiger partial charge is 0.329 e. The molecule has 0 spiro atoms. The number of nitrogens with zero attached hydrogens (tertiary/aromatic N) is 2. The number of likely N-dealkylation sites (N-methyl/N-ethyl adjacent to an activating group) is 1. The summed E-state index contributed by atoms with van der Waals surface area (Å²) in [6.45, 7) is 2.92. The Morgan fingerprint density at radius 1 is 1.47 bits per heavy atom. The molecule has 1 aliphatic rings. The molecule has 106 valence electrons. The van der Waals surface area contributed by atoms with E-state index < -0.39 is 15.4 Å². The molecular weight excluding hydrogens is 262 g/mol. The van der Waals surface area contributed by atoms with Crippen LogP contribution in [0.1, 0.15) is 17.8 Å². The van der Waals surface area contributed by atoms with Crippen LogP contribution in [0.3, 0.4) is 0 Å². The third kappa shape index (κ3) is 3.13. The maximum atomic E-state index is 11.7. The van der Waals surface area contributed by atoms with Crippen LogP contribution in [-0.4, -0.2) is 48.9 Å². The second-order valence-corrected chi connectivity index (χ2v) is 7.58. The molecule has 1 saturated heterocycles. The average Bonchev–Trinajstić information content (AvgIpc) is 2.66. The number of sulfone groups is 1. The highest BCUT2D eigenvalue weighted by molar-refractivity contribution is 7.91. The van der Waals surface area contributed by atoms with Gasteiger partial charge in [0.05, 0.1) is 17.2 Å². The molecule has 0 saturated carbocycles. The number of pyridine rings is 1. The molecule has 19 heavy (non-hydrogen) atoms. The zero-order valence-corrected chi connectivity index (χ0v) is 12.3. The van der Waals surface area contributed by atoms with Crippen molar-refractivity contribution in [3.05, 3.63) is 29.6 Å². The predicted molar refractivity (Wildman–Crippen MR) is 75.5 cm³/mol. The molecule has 0 radical (unpaired) electrons. The lowest BCUT2D eigenvalue weighted by molar-refractivity contribution is 0.141. The van der Waals surface area contributed by atoms with Crippen LogP contribution in [-0.2, 0) is 16.4 Å². The maximum absolute atomic E-state index is 11.7. The Bertz CT molecular complexity index is 559. The van der Waals surface area contributed by atoms with E-state index in [4.69, 9.17) is 5.73 Å². The molecule has 0 bridgehead atoms. The molecule has 1 unspecified atom stereocenters. The molecular formula is C13H21N3O2S. The lowest BCUT2D eigenvalue weighted by Gasteiger charge is -2.36. The van der Waals surface area contributed by atoms with Gasteiger partial charge in [0, 0.05) is 24.3 Å². The zero-order chi connectivity index (χ0) is 14.1. The van der Waals surface area contributed by atoms with Gasteiger partial charge < -0.3 is 5.73 Å². The third-order valence-corrected chi connectivity index (χ3v) is 5.71. The molecule has 5 nitrogen and oxygen atoms in total. The monoisotopic (exact) mass is 283 g/mol. The predicted octanol–water partition coefficient (Wildman–Crippen LogP) is 0.338. The minimum atomic E-state index is -2.95. The number of aromatic nitrogens is 1. The van der Waals surface area contributed by atoms with Crippen molar-refractivity contribution in [3.63, 3.8) is 0 Å². The van der Waals surface area contributed by atoms with Gasteiger partial charge in [0.1, 0.15) is 0 Å². The summed E-state index contributed by atoms with van der Waals surface area (Å²) in [7, 11) is -1.03. The van der Waals surface area contributed by atoms with Crippen molar-refractivity contribution in [2.45, 2.75) is 25.4 Å². The van der Waals surface area contributed by atoms with Gasteiger partial charge in [-0.25, -0.2) is 8.42 Å². The third-order valence-electron chi connectivity index (χ3n) is 3.90. The van der Waals surface area contributed by atoms with Crippen molar-refractivity contribution >= 4 is 9.84 Å². The molecule has 2 N–H and O–H groups in total. The SMILES string of the molecule is Cc1cccc(CN(C)C2(CN)CCS(=O)(=O)C2)n1. The van der Waals surface area contributed by atoms with Crippen molar-refractivity contribution in [1.82, 2.24) is 9.88 Å². The lowest BCUT2D eigenvalue weighted by Crippen LogP contribution is -2.52. The van der Waals surface area contributed by atoms with Gasteiger partial charge in [0.25, 0.3) is 0 Å². The first-order chi connectivity index (χ1) is 8.87. The van der Waals surface area contributed by atoms with Crippen LogP contribution in [0.5, 0.6) is 0 Å². The summed E-state index contributed by atoms with van der Waals surface area (Å²) in [5.74, 6) is 0.384. The van der Waals surface area contributed by atoms with E-state index in [-0.39, 0.29) is 11.5 Å². The normalized spacial score (nSPS) is 25.9. The summed E-state index contributed by atoms with van der Waals surface area (Å²) in [4.78, 5) is 6.50. The number of nitrogens with two attached hydrogens (primary N) is 1. The van der Waals surface area contributed by atoms with E-state index in [9.17, 15) is 8.42 Å². The minimum Gasteiger partial charge on any atom is -0.329 e. The van der Waals surface area contributed by atoms with Crippen molar-refractivity contribution in [1.29, 1.82) is 0 Å². The van der Waals surface area contributed by atoms with Crippen LogP contribution in [0.25, 0.3) is 0 Å². The molecule has 1 aromatic rings. The Kier molecular flexibility index (Phi) is 3.94. The fraction of sp³-hybridized carbons (Fsp3) is 0.615. The molecule has 0 aromatic carbocycles. The zero-order valence-electron chi connectivity index (χ0n) is 11.5. The summed E-state index contributed by atoms with van der Waals surface area (Å²) in [6, 6.07) is 5.87. The van der Waals surface area contributed by atoms with E-state index in [2.05, 4.69) is 4.98 Å². The molecule has 2 rings (SSSR count). The average molecular weight is 283 g/mol. The highest BCUT2D eigenvalue weighted by Crippen LogP contribution is 2.29. The molecule has 1 atom stereocenters. The summed E-state index contributed by atoms with van der Waals surface area (Å²) in [5, 5.41) is 0. The Morgan fingerprint density at radius 2 is 2.21 bits per heavy atom. The number of hydrogen-bond donors (Lipinski definition) is 1. The van der Waals surface area contributed by atoms with Gasteiger partial charge in [-0.05, 0) is 32.5 Å². The maximum Gasteiger partial charge on any atom is 0.152 e. The molecule has 1 fully saturated rings. The number of rotatable bonds is 4. The van der Waals surface area contributed by atoms with Crippen molar-refractivity contribution < 1.29 is 8.42 Å². The standard InChI is InChI=1S/C13H21N3O2S/c1-11-4-3-5-12(15-11)8-16(2)13(9-14)6-7-19(17,18)10-13/h3-5H,6-10,14H2,1-2H3. The summed E-state index contributed by atoms with van der Waals surface area (Å²) < 4.78 is 23.4. The van der Waals surface area contributed by atoms with Gasteiger partial charge in [-0.15, -0.1) is 0 Å². The highest BCUT2D eigenvalue weighted by Gasteiger charge is 2.44. The summed E-state index contributed by atoms with van der Waals surface area (Å²) >= 11 is 0. The highest BCUT2D eigenvalue weighted by atomic mass is 32.2. The fourth-order valence-electron chi connectivity index (χ4n) is 2.62. The fourth-order valence-corrected chi connectivity index (χ4v) is 4.75. The van der Waals surface area contributed by atoms with Crippen LogP contribution in [0.2, 0.25) is 0 Å². The molecule has 1 aliphatic heterocycles. The Labute approximate surface area is 114 Å². The van der Waals surface area contributed by atoms with E-state index in [1.54, 1.807) is 0 Å². The number of aryl methyl sites for hydroxylation is 1. The van der Waals surface area contributed by atoms with E-state index >= 15 is 0 Å². The van der Waals surface area contributed by atoms with E-state index in [1.165, 1.54) is 0 Å². The minimum absolute atomic E-state index is 0.152. The molecule has 0 aliphatic carbocycles. The quantitative estimate of drug-likeness (QED) is 0.862. The van der Waals surface area contributed by atoms with Crippen molar-refractivity contribution in [3.8, 4) is 0 Å². The van der Waals surface area contributed by atoms with Crippen LogP contribution in [0.4, 0.5) is 0 Å². The lowest BCUT2D eigenvalue weighted by atomic mass is 9.97. The molecule has 6 heteroatoms. The van der Waals surface area contributed by atoms with Crippen LogP contribution < -0.4 is 5.73 Å². The molecule has 0 amide bonds. The first kappa shape index (κ1) is 14.4. The second kappa shape index (κ2) is 5.19. The van der Waals surface area contributed by atoms with Crippen LogP contribution in [0, 0.1) is 6.92 Å². The molecule has 2 heterocycles. The van der Waals surface area contributed by atoms with Gasteiger partial charge in [0.2, 0.25) is 0 Å². The second-order valence-electron chi connectivity index (χ2n) is 5.40. The van der Waals surface area contributed by atoms with Gasteiger partial charge in [-0.1, -0.05) is 6.07 Å². The topological polar surface area (TPSA) is 76.3 Å². The van der Waals surface area contributed by atoms with Gasteiger partial charge in [0.15, 0.2) is 9.84 Å². The summed E-state index contributed by atoms with van der Waals surface area (Å²) in [5.41, 5.74) is 7.32. The van der Waals surface area contributed by atoms with Crippen molar-refractivity contribution in [2.75, 3.05) is 25.1 Å². The smallest absolute Gasteiger partial charge is 0.152 e. The Hall–Kier alpha value is -0.980. The van der Waals surface area contributed by atoms with E-state index in [1.807, 2.05) is 37.1 Å². The van der Waals surface area contributed by atoms with Gasteiger partial charge in [-0.3, -0.25) is 9.88 Å². The van der Waals surface area contributed by atoms with Gasteiger partial charge in [-0.2, -0.15) is 0 Å². The van der Waals surface area contributed by atoms with Gasteiger partial charge >= 0.3 is 0 Å². The van der Waals surface area contributed by atoms with E-state index in [0.29, 0.717) is 19.5 Å². The first-order valence-electron chi connectivity index (χ1n) is 6.41. The number of hydrogen-bond acceptors (Lipinski definition) is 5. The Morgan fingerprint density at radius 3 is 2.74 bits per heavy atom. The first-order valence-corrected chi connectivity index (χ1v) is 8.23. The summed E-state index contributed by atoms with van der Waals surface area (Å²) in [6.07, 6.45) is 0.605.